The molecule has 3 rings (SSSR count). The maximum Gasteiger partial charge on any atom is 0.0576 e. The fraction of sp³-hybridized carbons (Fsp3) is 0.600. The van der Waals surface area contributed by atoms with Crippen LogP contribution >= 0.6 is 15.9 Å². The van der Waals surface area contributed by atoms with Crippen molar-refractivity contribution in [1.29, 1.82) is 0 Å². The van der Waals surface area contributed by atoms with E-state index in [1.165, 1.54) is 47.8 Å². The molecule has 1 fully saturated rings. The van der Waals surface area contributed by atoms with E-state index >= 15 is 0 Å². The van der Waals surface area contributed by atoms with Gasteiger partial charge in [0.1, 0.15) is 0 Å². The van der Waals surface area contributed by atoms with Gasteiger partial charge in [0.25, 0.3) is 0 Å². The van der Waals surface area contributed by atoms with Crippen molar-refractivity contribution < 1.29 is 4.74 Å². The molecule has 1 aliphatic heterocycles. The van der Waals surface area contributed by atoms with Crippen molar-refractivity contribution in [3.8, 4) is 0 Å². The highest BCUT2D eigenvalue weighted by atomic mass is 79.9. The predicted molar refractivity (Wildman–Crippen MR) is 78.1 cm³/mol. The van der Waals surface area contributed by atoms with Crippen LogP contribution in [0.15, 0.2) is 22.7 Å². The van der Waals surface area contributed by atoms with Gasteiger partial charge in [0, 0.05) is 22.3 Å². The number of hydrogen-bond acceptors (Lipinski definition) is 2. The Hall–Kier alpha value is -0.540. The smallest absolute Gasteiger partial charge is 0.0576 e. The molecule has 0 atom stereocenters. The second-order valence-electron chi connectivity index (χ2n) is 5.54. The van der Waals surface area contributed by atoms with E-state index in [1.54, 1.807) is 0 Å². The van der Waals surface area contributed by atoms with Gasteiger partial charge < -0.3 is 10.1 Å². The van der Waals surface area contributed by atoms with E-state index in [-0.39, 0.29) is 0 Å². The van der Waals surface area contributed by atoms with Crippen molar-refractivity contribution in [3.05, 3.63) is 28.2 Å². The number of ether oxygens (including phenoxy) is 1. The molecule has 0 bridgehead atoms. The summed E-state index contributed by atoms with van der Waals surface area (Å²) < 4.78 is 6.93. The van der Waals surface area contributed by atoms with Gasteiger partial charge in [0.15, 0.2) is 0 Å². The van der Waals surface area contributed by atoms with Crippen LogP contribution in [-0.4, -0.2) is 18.2 Å². The second-order valence-corrected chi connectivity index (χ2v) is 6.45. The third-order valence-electron chi connectivity index (χ3n) is 4.29. The van der Waals surface area contributed by atoms with Crippen LogP contribution in [0.4, 0.5) is 5.69 Å². The topological polar surface area (TPSA) is 21.3 Å². The Labute approximate surface area is 117 Å². The summed E-state index contributed by atoms with van der Waals surface area (Å²) in [6.45, 7) is 2.93. The van der Waals surface area contributed by atoms with Crippen LogP contribution in [0.1, 0.15) is 38.2 Å². The number of halogens is 1. The first-order valence-corrected chi connectivity index (χ1v) is 7.68. The fourth-order valence-corrected chi connectivity index (χ4v) is 3.78. The van der Waals surface area contributed by atoms with E-state index in [2.05, 4.69) is 46.4 Å². The van der Waals surface area contributed by atoms with Crippen molar-refractivity contribution in [3.63, 3.8) is 0 Å². The average molecular weight is 310 g/mol. The summed E-state index contributed by atoms with van der Waals surface area (Å²) in [6, 6.07) is 6.57. The molecule has 98 valence electrons. The number of benzene rings is 1. The Balaban J connectivity index is 1.70. The quantitative estimate of drug-likeness (QED) is 0.886. The van der Waals surface area contributed by atoms with Crippen molar-refractivity contribution in [2.75, 3.05) is 11.9 Å². The van der Waals surface area contributed by atoms with E-state index in [1.807, 2.05) is 0 Å². The molecule has 1 spiro atoms. The van der Waals surface area contributed by atoms with Crippen molar-refractivity contribution >= 4 is 21.6 Å². The monoisotopic (exact) mass is 309 g/mol. The summed E-state index contributed by atoms with van der Waals surface area (Å²) in [5.74, 6) is 0. The number of nitrogens with one attached hydrogen (secondary N) is 1. The van der Waals surface area contributed by atoms with Gasteiger partial charge in [-0.05, 0) is 62.8 Å². The summed E-state index contributed by atoms with van der Waals surface area (Å²) in [5.41, 5.74) is 3.09. The van der Waals surface area contributed by atoms with Crippen LogP contribution in [0.5, 0.6) is 0 Å². The molecule has 2 aliphatic rings. The molecule has 1 saturated carbocycles. The Kier molecular flexibility index (Phi) is 3.37. The Morgan fingerprint density at radius 2 is 2.17 bits per heavy atom. The molecule has 1 aliphatic carbocycles. The lowest BCUT2D eigenvalue weighted by Crippen LogP contribution is -2.42. The van der Waals surface area contributed by atoms with Crippen LogP contribution in [0, 0.1) is 0 Å². The molecule has 2 nitrogen and oxygen atoms in total. The van der Waals surface area contributed by atoms with Crippen LogP contribution in [0.3, 0.4) is 0 Å². The number of anilines is 1. The SMILES string of the molecule is CCOC1CCC2(CC1)Cc1cc(Br)ccc1N2. The van der Waals surface area contributed by atoms with Gasteiger partial charge in [-0.1, -0.05) is 15.9 Å². The van der Waals surface area contributed by atoms with Gasteiger partial charge in [-0.15, -0.1) is 0 Å². The number of rotatable bonds is 2. The van der Waals surface area contributed by atoms with Gasteiger partial charge in [-0.3, -0.25) is 0 Å². The molecule has 1 aromatic carbocycles. The van der Waals surface area contributed by atoms with Gasteiger partial charge in [0.2, 0.25) is 0 Å². The first-order valence-electron chi connectivity index (χ1n) is 6.89. The van der Waals surface area contributed by atoms with E-state index in [4.69, 9.17) is 4.74 Å². The van der Waals surface area contributed by atoms with E-state index in [9.17, 15) is 0 Å². The van der Waals surface area contributed by atoms with E-state index in [0.717, 1.165) is 6.61 Å². The van der Waals surface area contributed by atoms with Crippen LogP contribution < -0.4 is 5.32 Å². The van der Waals surface area contributed by atoms with Gasteiger partial charge in [0.05, 0.1) is 6.10 Å². The molecular formula is C15H20BrNO. The van der Waals surface area contributed by atoms with Crippen molar-refractivity contribution in [2.45, 2.75) is 50.7 Å². The van der Waals surface area contributed by atoms with E-state index in [0.29, 0.717) is 11.6 Å². The second kappa shape index (κ2) is 4.86. The highest BCUT2D eigenvalue weighted by Gasteiger charge is 2.40. The molecule has 1 N–H and O–H groups in total. The van der Waals surface area contributed by atoms with E-state index < -0.39 is 0 Å². The molecule has 0 aromatic heterocycles. The number of fused-ring (bicyclic) bond motifs is 1. The Morgan fingerprint density at radius 3 is 2.89 bits per heavy atom. The zero-order valence-corrected chi connectivity index (χ0v) is 12.4. The highest BCUT2D eigenvalue weighted by molar-refractivity contribution is 9.10. The largest absolute Gasteiger partial charge is 0.379 e. The van der Waals surface area contributed by atoms with Crippen molar-refractivity contribution in [1.82, 2.24) is 0 Å². The lowest BCUT2D eigenvalue weighted by Gasteiger charge is -2.37. The van der Waals surface area contributed by atoms with Gasteiger partial charge in [-0.2, -0.15) is 0 Å². The van der Waals surface area contributed by atoms with Gasteiger partial charge >= 0.3 is 0 Å². The summed E-state index contributed by atoms with van der Waals surface area (Å²) in [4.78, 5) is 0. The minimum absolute atomic E-state index is 0.302. The summed E-state index contributed by atoms with van der Waals surface area (Å²) in [7, 11) is 0. The minimum Gasteiger partial charge on any atom is -0.379 e. The molecule has 0 amide bonds. The average Bonchev–Trinajstić information content (AvgIpc) is 2.70. The minimum atomic E-state index is 0.302. The van der Waals surface area contributed by atoms with Crippen molar-refractivity contribution in [2.24, 2.45) is 0 Å². The normalized spacial score (nSPS) is 30.2. The first kappa shape index (κ1) is 12.5. The fourth-order valence-electron chi connectivity index (χ4n) is 3.37. The summed E-state index contributed by atoms with van der Waals surface area (Å²) in [5, 5.41) is 3.76. The standard InChI is InChI=1S/C15H20BrNO/c1-2-18-13-5-7-15(8-6-13)10-11-9-12(16)3-4-14(11)17-15/h3-4,9,13,17H,2,5-8,10H2,1H3. The molecule has 18 heavy (non-hydrogen) atoms. The zero-order chi connectivity index (χ0) is 12.6. The molecule has 1 aromatic rings. The lowest BCUT2D eigenvalue weighted by molar-refractivity contribution is 0.0242. The van der Waals surface area contributed by atoms with Crippen LogP contribution in [0.25, 0.3) is 0 Å². The third kappa shape index (κ3) is 2.30. The summed E-state index contributed by atoms with van der Waals surface area (Å²) in [6.07, 6.45) is 6.48. The van der Waals surface area contributed by atoms with Crippen LogP contribution in [0.2, 0.25) is 0 Å². The molecule has 1 heterocycles. The maximum absolute atomic E-state index is 5.75. The Bertz CT molecular complexity index is 438. The molecular weight excluding hydrogens is 290 g/mol. The predicted octanol–water partition coefficient (Wildman–Crippen LogP) is 4.14. The molecule has 0 saturated heterocycles. The molecule has 0 radical (unpaired) electrons. The molecule has 3 heteroatoms. The third-order valence-corrected chi connectivity index (χ3v) is 4.78. The van der Waals surface area contributed by atoms with Gasteiger partial charge in [-0.25, -0.2) is 0 Å². The molecule has 0 unspecified atom stereocenters. The zero-order valence-electron chi connectivity index (χ0n) is 10.8. The summed E-state index contributed by atoms with van der Waals surface area (Å²) >= 11 is 3.56. The van der Waals surface area contributed by atoms with Crippen LogP contribution in [-0.2, 0) is 11.2 Å². The lowest BCUT2D eigenvalue weighted by atomic mass is 9.78. The maximum atomic E-state index is 5.75. The Morgan fingerprint density at radius 1 is 1.39 bits per heavy atom. The number of hydrogen-bond donors (Lipinski definition) is 1. The highest BCUT2D eigenvalue weighted by Crippen LogP contribution is 2.42. The first-order chi connectivity index (χ1) is 8.71.